The predicted molar refractivity (Wildman–Crippen MR) is 63.9 cm³/mol. The largest absolute Gasteiger partial charge is 0.466 e. The molecule has 0 aromatic carbocycles. The van der Waals surface area contributed by atoms with Crippen molar-refractivity contribution in [2.75, 3.05) is 6.61 Å². The third-order valence-electron chi connectivity index (χ3n) is 2.39. The van der Waals surface area contributed by atoms with Gasteiger partial charge in [0.15, 0.2) is 0 Å². The molecule has 5 nitrogen and oxygen atoms in total. The molecule has 0 bridgehead atoms. The third kappa shape index (κ3) is 4.01. The first kappa shape index (κ1) is 13.4. The number of H-pyrrole nitrogens is 1. The molecular formula is C12H18N2O3. The van der Waals surface area contributed by atoms with E-state index in [9.17, 15) is 9.59 Å². The molecule has 5 heteroatoms. The van der Waals surface area contributed by atoms with Crippen LogP contribution in [-0.2, 0) is 16.0 Å². The van der Waals surface area contributed by atoms with Gasteiger partial charge in [0.05, 0.1) is 6.61 Å². The molecule has 0 aliphatic rings. The fraction of sp³-hybridized carbons (Fsp3) is 0.583. The lowest BCUT2D eigenvalue weighted by Crippen LogP contribution is -2.19. The highest BCUT2D eigenvalue weighted by molar-refractivity contribution is 5.69. The number of aromatic amines is 1. The number of ether oxygens (including phenoxy) is 1. The summed E-state index contributed by atoms with van der Waals surface area (Å²) >= 11 is 0. The fourth-order valence-electron chi connectivity index (χ4n) is 1.56. The van der Waals surface area contributed by atoms with E-state index in [0.29, 0.717) is 30.1 Å². The minimum Gasteiger partial charge on any atom is -0.466 e. The summed E-state index contributed by atoms with van der Waals surface area (Å²) in [6, 6.07) is 0. The Hall–Kier alpha value is -1.65. The molecule has 0 amide bonds. The van der Waals surface area contributed by atoms with Crippen LogP contribution in [0.5, 0.6) is 0 Å². The van der Waals surface area contributed by atoms with Gasteiger partial charge in [-0.25, -0.2) is 4.98 Å². The Morgan fingerprint density at radius 1 is 1.41 bits per heavy atom. The van der Waals surface area contributed by atoms with Gasteiger partial charge >= 0.3 is 5.97 Å². The lowest BCUT2D eigenvalue weighted by molar-refractivity contribution is -0.143. The summed E-state index contributed by atoms with van der Waals surface area (Å²) in [6.07, 6.45) is 1.39. The molecule has 0 aliphatic heterocycles. The molecule has 1 rings (SSSR count). The van der Waals surface area contributed by atoms with Crippen LogP contribution in [0, 0.1) is 13.8 Å². The molecule has 0 saturated carbocycles. The Labute approximate surface area is 100 Å². The van der Waals surface area contributed by atoms with E-state index in [1.807, 2.05) is 6.92 Å². The van der Waals surface area contributed by atoms with Gasteiger partial charge in [0.25, 0.3) is 5.56 Å². The Morgan fingerprint density at radius 3 is 2.71 bits per heavy atom. The van der Waals surface area contributed by atoms with Crippen molar-refractivity contribution in [1.29, 1.82) is 0 Å². The highest BCUT2D eigenvalue weighted by Gasteiger charge is 2.09. The van der Waals surface area contributed by atoms with Crippen LogP contribution in [0.4, 0.5) is 0 Å². The lowest BCUT2D eigenvalue weighted by Gasteiger charge is -2.05. The molecular weight excluding hydrogens is 220 g/mol. The number of carbonyl (C=O) groups excluding carboxylic acids is 1. The second kappa shape index (κ2) is 6.18. The Morgan fingerprint density at radius 2 is 2.12 bits per heavy atom. The van der Waals surface area contributed by atoms with Crippen molar-refractivity contribution in [1.82, 2.24) is 9.97 Å². The lowest BCUT2D eigenvalue weighted by atomic mass is 10.1. The smallest absolute Gasteiger partial charge is 0.306 e. The Bertz CT molecular complexity index is 452. The van der Waals surface area contributed by atoms with E-state index in [4.69, 9.17) is 4.74 Å². The van der Waals surface area contributed by atoms with Gasteiger partial charge in [0, 0.05) is 17.7 Å². The van der Waals surface area contributed by atoms with Gasteiger partial charge in [0.1, 0.15) is 5.82 Å². The number of carbonyl (C=O) groups is 1. The van der Waals surface area contributed by atoms with E-state index in [1.54, 1.807) is 13.8 Å². The maximum Gasteiger partial charge on any atom is 0.306 e. The first-order chi connectivity index (χ1) is 8.04. The minimum absolute atomic E-state index is 0.168. The van der Waals surface area contributed by atoms with Gasteiger partial charge < -0.3 is 9.72 Å². The first-order valence-electron chi connectivity index (χ1n) is 5.76. The molecule has 0 spiro atoms. The molecule has 0 aliphatic carbocycles. The number of rotatable bonds is 5. The monoisotopic (exact) mass is 238 g/mol. The molecule has 0 atom stereocenters. The van der Waals surface area contributed by atoms with E-state index in [2.05, 4.69) is 9.97 Å². The quantitative estimate of drug-likeness (QED) is 0.784. The van der Waals surface area contributed by atoms with Crippen molar-refractivity contribution in [2.24, 2.45) is 0 Å². The molecule has 0 unspecified atom stereocenters. The Balaban J connectivity index is 2.64. The molecule has 1 heterocycles. The van der Waals surface area contributed by atoms with Gasteiger partial charge in [-0.15, -0.1) is 0 Å². The SMILES string of the molecule is CCCOC(=O)CCc1c(C)nc(C)[nH]c1=O. The van der Waals surface area contributed by atoms with E-state index in [1.165, 1.54) is 0 Å². The van der Waals surface area contributed by atoms with Crippen LogP contribution in [0.25, 0.3) is 0 Å². The normalized spacial score (nSPS) is 10.3. The van der Waals surface area contributed by atoms with Crippen molar-refractivity contribution in [3.05, 3.63) is 27.4 Å². The average Bonchev–Trinajstić information content (AvgIpc) is 2.24. The molecule has 94 valence electrons. The van der Waals surface area contributed by atoms with Crippen molar-refractivity contribution < 1.29 is 9.53 Å². The molecule has 1 N–H and O–H groups in total. The summed E-state index contributed by atoms with van der Waals surface area (Å²) in [6.45, 7) is 5.87. The van der Waals surface area contributed by atoms with Crippen LogP contribution >= 0.6 is 0 Å². The predicted octanol–water partition coefficient (Wildman–Crippen LogP) is 1.27. The van der Waals surface area contributed by atoms with Gasteiger partial charge in [-0.3, -0.25) is 9.59 Å². The van der Waals surface area contributed by atoms with E-state index in [0.717, 1.165) is 6.42 Å². The summed E-state index contributed by atoms with van der Waals surface area (Å²) in [7, 11) is 0. The van der Waals surface area contributed by atoms with Crippen molar-refractivity contribution >= 4 is 5.97 Å². The van der Waals surface area contributed by atoms with Gasteiger partial charge in [-0.2, -0.15) is 0 Å². The number of hydrogen-bond acceptors (Lipinski definition) is 4. The van der Waals surface area contributed by atoms with Crippen molar-refractivity contribution in [3.8, 4) is 0 Å². The molecule has 17 heavy (non-hydrogen) atoms. The van der Waals surface area contributed by atoms with E-state index < -0.39 is 0 Å². The molecule has 1 aromatic rings. The number of aromatic nitrogens is 2. The van der Waals surface area contributed by atoms with Crippen molar-refractivity contribution in [3.63, 3.8) is 0 Å². The zero-order valence-corrected chi connectivity index (χ0v) is 10.5. The zero-order chi connectivity index (χ0) is 12.8. The number of aryl methyl sites for hydroxylation is 2. The Kier molecular flexibility index (Phi) is 4.87. The summed E-state index contributed by atoms with van der Waals surface area (Å²) in [5, 5.41) is 0. The number of nitrogens with zero attached hydrogens (tertiary/aromatic N) is 1. The molecule has 1 aromatic heterocycles. The van der Waals surface area contributed by atoms with Crippen LogP contribution in [0.1, 0.15) is 36.8 Å². The average molecular weight is 238 g/mol. The van der Waals surface area contributed by atoms with Crippen LogP contribution in [0.15, 0.2) is 4.79 Å². The highest BCUT2D eigenvalue weighted by atomic mass is 16.5. The summed E-state index contributed by atoms with van der Waals surface area (Å²) in [4.78, 5) is 29.7. The topological polar surface area (TPSA) is 72.0 Å². The van der Waals surface area contributed by atoms with Crippen LogP contribution in [0.2, 0.25) is 0 Å². The second-order valence-electron chi connectivity index (χ2n) is 3.94. The maximum atomic E-state index is 11.6. The maximum absolute atomic E-state index is 11.6. The minimum atomic E-state index is -0.272. The summed E-state index contributed by atoms with van der Waals surface area (Å²) in [5.74, 6) is 0.316. The summed E-state index contributed by atoms with van der Waals surface area (Å²) in [5.41, 5.74) is 1.07. The van der Waals surface area contributed by atoms with Crippen LogP contribution in [-0.4, -0.2) is 22.5 Å². The fourth-order valence-corrected chi connectivity index (χ4v) is 1.56. The second-order valence-corrected chi connectivity index (χ2v) is 3.94. The zero-order valence-electron chi connectivity index (χ0n) is 10.5. The highest BCUT2D eigenvalue weighted by Crippen LogP contribution is 2.03. The number of esters is 1. The van der Waals surface area contributed by atoms with Crippen LogP contribution in [0.3, 0.4) is 0 Å². The van der Waals surface area contributed by atoms with Gasteiger partial charge in [0.2, 0.25) is 0 Å². The molecule has 0 radical (unpaired) electrons. The van der Waals surface area contributed by atoms with E-state index >= 15 is 0 Å². The van der Waals surface area contributed by atoms with Crippen LogP contribution < -0.4 is 5.56 Å². The van der Waals surface area contributed by atoms with Gasteiger partial charge in [-0.1, -0.05) is 6.92 Å². The first-order valence-corrected chi connectivity index (χ1v) is 5.76. The number of hydrogen-bond donors (Lipinski definition) is 1. The molecule has 0 saturated heterocycles. The van der Waals surface area contributed by atoms with Crippen molar-refractivity contribution in [2.45, 2.75) is 40.0 Å². The number of nitrogens with one attached hydrogen (secondary N) is 1. The third-order valence-corrected chi connectivity index (χ3v) is 2.39. The molecule has 0 fully saturated rings. The van der Waals surface area contributed by atoms with E-state index in [-0.39, 0.29) is 17.9 Å². The van der Waals surface area contributed by atoms with Gasteiger partial charge in [-0.05, 0) is 26.7 Å². The summed E-state index contributed by atoms with van der Waals surface area (Å²) < 4.78 is 4.94. The standard InChI is InChI=1S/C12H18N2O3/c1-4-7-17-11(15)6-5-10-8(2)13-9(3)14-12(10)16/h4-7H2,1-3H3,(H,13,14,16).